The third-order valence-electron chi connectivity index (χ3n) is 7.14. The van der Waals surface area contributed by atoms with Crippen molar-refractivity contribution in [3.8, 4) is 21.9 Å². The molecule has 212 valence electrons. The third kappa shape index (κ3) is 9.07. The number of carbonyl (C=O) groups is 2. The van der Waals surface area contributed by atoms with E-state index in [1.807, 2.05) is 30.3 Å². The number of hydrogen-bond donors (Lipinski definition) is 2. The number of thiophene rings is 1. The monoisotopic (exact) mass is 607 g/mol. The predicted octanol–water partition coefficient (Wildman–Crippen LogP) is 5.28. The van der Waals surface area contributed by atoms with E-state index >= 15 is 0 Å². The number of aromatic carboxylic acids is 1. The van der Waals surface area contributed by atoms with Crippen LogP contribution >= 0.6 is 11.3 Å². The number of ether oxygens (including phenoxy) is 2. The van der Waals surface area contributed by atoms with E-state index in [1.54, 1.807) is 23.5 Å². The van der Waals surface area contributed by atoms with Gasteiger partial charge in [0.15, 0.2) is 0 Å². The topological polar surface area (TPSA) is 96.3 Å². The summed E-state index contributed by atoms with van der Waals surface area (Å²) in [5.74, 6) is -0.888. The molecule has 0 saturated carbocycles. The average molecular weight is 608 g/mol. The summed E-state index contributed by atoms with van der Waals surface area (Å²) in [5.41, 5.74) is 3.17. The number of fused-ring (bicyclic) bond motifs is 1. The fourth-order valence-electron chi connectivity index (χ4n) is 5.08. The van der Waals surface area contributed by atoms with Crippen molar-refractivity contribution in [1.29, 1.82) is 0 Å². The Labute approximate surface area is 294 Å². The maximum atomic E-state index is 12.1. The van der Waals surface area contributed by atoms with E-state index in [-0.39, 0.29) is 83.5 Å². The predicted molar refractivity (Wildman–Crippen MR) is 171 cm³/mol. The van der Waals surface area contributed by atoms with Crippen molar-refractivity contribution in [2.45, 2.75) is 32.1 Å². The molecule has 0 spiro atoms. The van der Waals surface area contributed by atoms with Gasteiger partial charge >= 0.3 is 71.1 Å². The Bertz CT molecular complexity index is 1480. The van der Waals surface area contributed by atoms with Crippen molar-refractivity contribution < 1.29 is 29.3 Å². The quantitative estimate of drug-likeness (QED) is 0.158. The summed E-state index contributed by atoms with van der Waals surface area (Å²) in [5, 5.41) is 19.9. The van der Waals surface area contributed by atoms with E-state index in [1.165, 1.54) is 12.8 Å². The van der Waals surface area contributed by atoms with Crippen LogP contribution in [0.15, 0.2) is 66.7 Å². The number of carboxylic acids is 2. The van der Waals surface area contributed by atoms with Gasteiger partial charge < -0.3 is 19.7 Å². The first-order valence-corrected chi connectivity index (χ1v) is 14.5. The van der Waals surface area contributed by atoms with Crippen LogP contribution in [0, 0.1) is 0 Å². The van der Waals surface area contributed by atoms with Gasteiger partial charge in [0.25, 0.3) is 0 Å². The Balaban J connectivity index is 0.00000242. The van der Waals surface area contributed by atoms with Gasteiger partial charge in [0.2, 0.25) is 0 Å². The van der Waals surface area contributed by atoms with E-state index in [4.69, 9.17) is 14.6 Å². The Morgan fingerprint density at radius 1 is 0.881 bits per heavy atom. The van der Waals surface area contributed by atoms with Crippen LogP contribution in [0.3, 0.4) is 0 Å². The molecule has 0 unspecified atom stereocenters. The number of likely N-dealkylation sites (tertiary alicyclic amines) is 1. The average Bonchev–Trinajstić information content (AvgIpc) is 3.60. The van der Waals surface area contributed by atoms with Gasteiger partial charge in [-0.15, -0.1) is 11.3 Å². The number of aliphatic carboxylic acids is 1. The molecule has 4 aromatic rings. The van der Waals surface area contributed by atoms with Crippen LogP contribution in [0.5, 0.6) is 11.5 Å². The second-order valence-corrected chi connectivity index (χ2v) is 11.0. The number of nitrogens with zero attached hydrogens (tertiary/aromatic N) is 1. The van der Waals surface area contributed by atoms with Gasteiger partial charge in [-0.3, -0.25) is 9.69 Å². The molecule has 0 amide bonds. The minimum absolute atomic E-state index is 0. The van der Waals surface area contributed by atoms with Crippen molar-refractivity contribution in [3.05, 3.63) is 83.4 Å². The van der Waals surface area contributed by atoms with Crippen LogP contribution in [0.2, 0.25) is 0 Å². The molecular weight excluding hydrogens is 572 g/mol. The van der Waals surface area contributed by atoms with Crippen LogP contribution in [0.25, 0.3) is 20.5 Å². The fraction of sp³-hybridized carbons (Fsp3) is 0.312. The van der Waals surface area contributed by atoms with Crippen LogP contribution in [-0.4, -0.2) is 119 Å². The molecule has 1 aromatic heterocycles. The van der Waals surface area contributed by atoms with Crippen molar-refractivity contribution in [1.82, 2.24) is 4.90 Å². The molecule has 42 heavy (non-hydrogen) atoms. The molecule has 10 heteroatoms. The summed E-state index contributed by atoms with van der Waals surface area (Å²) in [6.07, 6.45) is 3.52. The van der Waals surface area contributed by atoms with E-state index in [0.29, 0.717) is 19.4 Å². The number of rotatable bonds is 13. The molecule has 0 bridgehead atoms. The molecule has 0 atom stereocenters. The SMILES string of the molecule is O=C(O)CCCOc1ccc(-c2sc3ccccc3c2Cc2ccc(OCCN3CCCC3)cc2)cc1C(=O)O.[NaH].[NaH]. The molecule has 3 aromatic carbocycles. The normalized spacial score (nSPS) is 12.9. The van der Waals surface area contributed by atoms with Gasteiger partial charge in [-0.05, 0) is 97.2 Å². The second-order valence-electron chi connectivity index (χ2n) is 9.99. The molecule has 2 heterocycles. The third-order valence-corrected chi connectivity index (χ3v) is 8.40. The molecule has 1 aliphatic heterocycles. The van der Waals surface area contributed by atoms with Crippen LogP contribution < -0.4 is 9.47 Å². The molecule has 1 saturated heterocycles. The Kier molecular flexibility index (Phi) is 13.9. The van der Waals surface area contributed by atoms with Crippen molar-refractivity contribution in [3.63, 3.8) is 0 Å². The molecule has 1 aliphatic rings. The zero-order chi connectivity index (χ0) is 27.9. The van der Waals surface area contributed by atoms with Gasteiger partial charge in [0.05, 0.1) is 6.61 Å². The number of hydrogen-bond acceptors (Lipinski definition) is 6. The van der Waals surface area contributed by atoms with E-state index in [9.17, 15) is 14.7 Å². The maximum absolute atomic E-state index is 12.1. The fourth-order valence-corrected chi connectivity index (χ4v) is 6.30. The van der Waals surface area contributed by atoms with Crippen LogP contribution in [0.1, 0.15) is 47.2 Å². The van der Waals surface area contributed by atoms with E-state index in [2.05, 4.69) is 29.2 Å². The molecule has 1 fully saturated rings. The summed E-state index contributed by atoms with van der Waals surface area (Å²) in [6.45, 7) is 4.10. The van der Waals surface area contributed by atoms with Crippen molar-refractivity contribution in [2.75, 3.05) is 32.8 Å². The van der Waals surface area contributed by atoms with Crippen molar-refractivity contribution >= 4 is 92.5 Å². The standard InChI is InChI=1S/C32H33NO6S.2Na.2H/c34-30(35)8-5-18-39-28-14-11-23(21-27(28)32(36)37)31-26(25-6-1-2-7-29(25)40-31)20-22-9-12-24(13-10-22)38-19-17-33-15-3-4-16-33;;;;/h1-2,6-7,9-14,21H,3-5,8,15-20H2,(H,34,35)(H,36,37);;;;. The van der Waals surface area contributed by atoms with E-state index < -0.39 is 11.9 Å². The number of benzene rings is 3. The summed E-state index contributed by atoms with van der Waals surface area (Å²) >= 11 is 1.65. The van der Waals surface area contributed by atoms with Crippen molar-refractivity contribution in [2.24, 2.45) is 0 Å². The Hall–Kier alpha value is -1.88. The summed E-state index contributed by atoms with van der Waals surface area (Å²) < 4.78 is 12.8. The van der Waals surface area contributed by atoms with Crippen LogP contribution in [0.4, 0.5) is 0 Å². The summed E-state index contributed by atoms with van der Waals surface area (Å²) in [6, 6.07) is 21.7. The van der Waals surface area contributed by atoms with Crippen LogP contribution in [-0.2, 0) is 11.2 Å². The van der Waals surface area contributed by atoms with Gasteiger partial charge in [0.1, 0.15) is 23.7 Å². The van der Waals surface area contributed by atoms with Gasteiger partial charge in [-0.1, -0.05) is 30.3 Å². The molecular formula is C32H35NNa2O6S. The van der Waals surface area contributed by atoms with Gasteiger partial charge in [-0.2, -0.15) is 0 Å². The summed E-state index contributed by atoms with van der Waals surface area (Å²) in [4.78, 5) is 26.3. The first-order chi connectivity index (χ1) is 19.5. The zero-order valence-corrected chi connectivity index (χ0v) is 23.1. The molecule has 0 radical (unpaired) electrons. The Morgan fingerprint density at radius 2 is 1.62 bits per heavy atom. The zero-order valence-electron chi connectivity index (χ0n) is 22.3. The first kappa shape index (κ1) is 34.6. The number of carboxylic acid groups (broad SMARTS) is 2. The first-order valence-electron chi connectivity index (χ1n) is 13.6. The summed E-state index contributed by atoms with van der Waals surface area (Å²) in [7, 11) is 0. The molecule has 0 aliphatic carbocycles. The van der Waals surface area contributed by atoms with Gasteiger partial charge in [-0.25, -0.2) is 4.79 Å². The van der Waals surface area contributed by atoms with E-state index in [0.717, 1.165) is 57.0 Å². The Morgan fingerprint density at radius 3 is 2.33 bits per heavy atom. The minimum atomic E-state index is -1.09. The second kappa shape index (κ2) is 16.8. The molecule has 7 nitrogen and oxygen atoms in total. The molecule has 2 N–H and O–H groups in total. The molecule has 5 rings (SSSR count). The van der Waals surface area contributed by atoms with Gasteiger partial charge in [0, 0.05) is 22.5 Å².